The highest BCUT2D eigenvalue weighted by Gasteiger charge is 2.18. The second-order valence-corrected chi connectivity index (χ2v) is 7.67. The number of benzene rings is 2. The van der Waals surface area contributed by atoms with Gasteiger partial charge in [-0.15, -0.1) is 10.2 Å². The van der Waals surface area contributed by atoms with Crippen molar-refractivity contribution in [2.75, 3.05) is 5.75 Å². The van der Waals surface area contributed by atoms with E-state index in [0.29, 0.717) is 17.6 Å². The Bertz CT molecular complexity index is 1280. The lowest BCUT2D eigenvalue weighted by Crippen LogP contribution is -2.22. The van der Waals surface area contributed by atoms with Crippen LogP contribution in [-0.4, -0.2) is 24.9 Å². The van der Waals surface area contributed by atoms with Crippen LogP contribution in [0.5, 0.6) is 0 Å². The number of fused-ring (bicyclic) bond motifs is 3. The maximum absolute atomic E-state index is 13.4. The van der Waals surface area contributed by atoms with Crippen molar-refractivity contribution >= 4 is 28.4 Å². The number of unbranched alkanes of at least 4 members (excludes halogenated alkanes) is 1. The van der Waals surface area contributed by atoms with E-state index in [9.17, 15) is 4.79 Å². The van der Waals surface area contributed by atoms with Gasteiger partial charge >= 0.3 is 0 Å². The molecule has 0 amide bonds. The Morgan fingerprint density at radius 3 is 2.75 bits per heavy atom. The van der Waals surface area contributed by atoms with Crippen molar-refractivity contribution in [1.29, 1.82) is 5.26 Å². The average molecular weight is 389 g/mol. The molecule has 140 valence electrons. The van der Waals surface area contributed by atoms with E-state index >= 15 is 0 Å². The number of hydrogen-bond acceptors (Lipinski definition) is 5. The highest BCUT2D eigenvalue weighted by molar-refractivity contribution is 7.99. The van der Waals surface area contributed by atoms with Crippen molar-refractivity contribution in [3.05, 3.63) is 63.9 Å². The third kappa shape index (κ3) is 2.96. The molecule has 0 aliphatic carbocycles. The minimum absolute atomic E-state index is 0.106. The number of para-hydroxylation sites is 1. The summed E-state index contributed by atoms with van der Waals surface area (Å²) >= 11 is 1.55. The molecule has 0 fully saturated rings. The summed E-state index contributed by atoms with van der Waals surface area (Å²) in [7, 11) is 0. The molecule has 2 heterocycles. The fraction of sp³-hybridized carbons (Fsp3) is 0.238. The standard InChI is InChI=1S/C21H19N5OS/c1-14-8-7-11-17(15(14)2)25-19(27)16-9-3-4-10-18(16)26-20(25)23-24-21(26)28-13-6-5-12-22/h3-4,7-11H,5-6,13H2,1-2H3. The molecule has 0 atom stereocenters. The molecule has 0 unspecified atom stereocenters. The zero-order valence-electron chi connectivity index (χ0n) is 15.7. The lowest BCUT2D eigenvalue weighted by atomic mass is 10.1. The molecule has 0 radical (unpaired) electrons. The largest absolute Gasteiger partial charge is 0.268 e. The highest BCUT2D eigenvalue weighted by atomic mass is 32.2. The van der Waals surface area contributed by atoms with Gasteiger partial charge in [0.2, 0.25) is 5.78 Å². The molecule has 2 aromatic heterocycles. The van der Waals surface area contributed by atoms with E-state index in [1.54, 1.807) is 16.3 Å². The van der Waals surface area contributed by atoms with Crippen molar-refractivity contribution < 1.29 is 0 Å². The minimum atomic E-state index is -0.106. The van der Waals surface area contributed by atoms with Crippen LogP contribution in [0.3, 0.4) is 0 Å². The Kier molecular flexibility index (Phi) is 4.88. The van der Waals surface area contributed by atoms with Crippen LogP contribution in [-0.2, 0) is 0 Å². The first kappa shape index (κ1) is 18.3. The van der Waals surface area contributed by atoms with Crippen LogP contribution in [0.2, 0.25) is 0 Å². The molecule has 0 aliphatic heterocycles. The second kappa shape index (κ2) is 7.49. The quantitative estimate of drug-likeness (QED) is 0.380. The minimum Gasteiger partial charge on any atom is -0.268 e. The highest BCUT2D eigenvalue weighted by Crippen LogP contribution is 2.25. The van der Waals surface area contributed by atoms with Gasteiger partial charge in [0.1, 0.15) is 0 Å². The van der Waals surface area contributed by atoms with E-state index in [2.05, 4.69) is 16.3 Å². The lowest BCUT2D eigenvalue weighted by Gasteiger charge is -2.14. The van der Waals surface area contributed by atoms with E-state index in [0.717, 1.165) is 39.7 Å². The molecule has 0 aliphatic rings. The molecule has 0 N–H and O–H groups in total. The number of aryl methyl sites for hydroxylation is 1. The van der Waals surface area contributed by atoms with Gasteiger partial charge in [0.25, 0.3) is 5.56 Å². The van der Waals surface area contributed by atoms with Crippen LogP contribution in [0.25, 0.3) is 22.4 Å². The van der Waals surface area contributed by atoms with Gasteiger partial charge in [0.05, 0.1) is 22.7 Å². The zero-order chi connectivity index (χ0) is 19.7. The third-order valence-electron chi connectivity index (χ3n) is 4.88. The van der Waals surface area contributed by atoms with Crippen LogP contribution in [0, 0.1) is 25.2 Å². The summed E-state index contributed by atoms with van der Waals surface area (Å²) in [6, 6.07) is 15.6. The maximum Gasteiger partial charge on any atom is 0.267 e. The Balaban J connectivity index is 2.01. The number of nitrogens with zero attached hydrogens (tertiary/aromatic N) is 5. The predicted octanol–water partition coefficient (Wildman–Crippen LogP) is 4.05. The fourth-order valence-corrected chi connectivity index (χ4v) is 4.16. The molecule has 28 heavy (non-hydrogen) atoms. The number of rotatable bonds is 5. The topological polar surface area (TPSA) is 76.0 Å². The van der Waals surface area contributed by atoms with Crippen molar-refractivity contribution in [1.82, 2.24) is 19.2 Å². The molecule has 0 spiro atoms. The first-order chi connectivity index (χ1) is 13.6. The molecular formula is C21H19N5OS. The summed E-state index contributed by atoms with van der Waals surface area (Å²) in [5, 5.41) is 18.8. The Morgan fingerprint density at radius 2 is 1.93 bits per heavy atom. The smallest absolute Gasteiger partial charge is 0.267 e. The Morgan fingerprint density at radius 1 is 1.11 bits per heavy atom. The fourth-order valence-electron chi connectivity index (χ4n) is 3.28. The SMILES string of the molecule is Cc1cccc(-n2c(=O)c3ccccc3n3c(SCCCC#N)nnc23)c1C. The molecular weight excluding hydrogens is 370 g/mol. The summed E-state index contributed by atoms with van der Waals surface area (Å²) < 4.78 is 3.59. The molecule has 0 saturated heterocycles. The molecule has 2 aromatic carbocycles. The number of nitriles is 1. The van der Waals surface area contributed by atoms with Gasteiger partial charge in [-0.2, -0.15) is 5.26 Å². The van der Waals surface area contributed by atoms with Crippen molar-refractivity contribution in [3.63, 3.8) is 0 Å². The van der Waals surface area contributed by atoms with E-state index in [4.69, 9.17) is 5.26 Å². The van der Waals surface area contributed by atoms with Gasteiger partial charge in [-0.05, 0) is 49.6 Å². The summed E-state index contributed by atoms with van der Waals surface area (Å²) in [5.74, 6) is 1.27. The molecule has 7 heteroatoms. The summed E-state index contributed by atoms with van der Waals surface area (Å²) in [6.07, 6.45) is 1.29. The number of thioether (sulfide) groups is 1. The summed E-state index contributed by atoms with van der Waals surface area (Å²) in [6.45, 7) is 4.04. The van der Waals surface area contributed by atoms with E-state index < -0.39 is 0 Å². The zero-order valence-corrected chi connectivity index (χ0v) is 16.5. The van der Waals surface area contributed by atoms with Gasteiger partial charge in [0, 0.05) is 12.2 Å². The molecule has 6 nitrogen and oxygen atoms in total. The summed E-state index contributed by atoms with van der Waals surface area (Å²) in [5.41, 5.74) is 3.64. The van der Waals surface area contributed by atoms with Crippen LogP contribution in [0.1, 0.15) is 24.0 Å². The third-order valence-corrected chi connectivity index (χ3v) is 5.89. The van der Waals surface area contributed by atoms with Gasteiger partial charge in [-0.3, -0.25) is 9.20 Å². The first-order valence-electron chi connectivity index (χ1n) is 9.08. The van der Waals surface area contributed by atoms with E-state index in [-0.39, 0.29) is 5.56 Å². The van der Waals surface area contributed by atoms with Crippen LogP contribution < -0.4 is 5.56 Å². The van der Waals surface area contributed by atoms with E-state index in [1.807, 2.05) is 60.7 Å². The first-order valence-corrected chi connectivity index (χ1v) is 10.1. The van der Waals surface area contributed by atoms with Crippen molar-refractivity contribution in [3.8, 4) is 11.8 Å². The van der Waals surface area contributed by atoms with Gasteiger partial charge in [-0.1, -0.05) is 36.0 Å². The van der Waals surface area contributed by atoms with Gasteiger partial charge in [-0.25, -0.2) is 4.57 Å². The van der Waals surface area contributed by atoms with Gasteiger partial charge < -0.3 is 0 Å². The van der Waals surface area contributed by atoms with Crippen molar-refractivity contribution in [2.45, 2.75) is 31.8 Å². The summed E-state index contributed by atoms with van der Waals surface area (Å²) in [4.78, 5) is 13.4. The predicted molar refractivity (Wildman–Crippen MR) is 111 cm³/mol. The average Bonchev–Trinajstić information content (AvgIpc) is 3.12. The molecule has 4 aromatic rings. The Hall–Kier alpha value is -3.11. The number of hydrogen-bond donors (Lipinski definition) is 0. The van der Waals surface area contributed by atoms with Crippen molar-refractivity contribution in [2.24, 2.45) is 0 Å². The lowest BCUT2D eigenvalue weighted by molar-refractivity contribution is 0.918. The van der Waals surface area contributed by atoms with Gasteiger partial charge in [0.15, 0.2) is 5.16 Å². The van der Waals surface area contributed by atoms with Crippen LogP contribution in [0.15, 0.2) is 52.4 Å². The molecule has 4 rings (SSSR count). The maximum atomic E-state index is 13.4. The number of aromatic nitrogens is 4. The molecule has 0 saturated carbocycles. The monoisotopic (exact) mass is 389 g/mol. The normalized spacial score (nSPS) is 11.2. The van der Waals surface area contributed by atoms with Crippen LogP contribution in [0.4, 0.5) is 0 Å². The van der Waals surface area contributed by atoms with Crippen LogP contribution >= 0.6 is 11.8 Å². The van der Waals surface area contributed by atoms with E-state index in [1.165, 1.54) is 0 Å². The molecule has 0 bridgehead atoms. The second-order valence-electron chi connectivity index (χ2n) is 6.60. The Labute approximate surface area is 166 Å².